The van der Waals surface area contributed by atoms with Crippen molar-refractivity contribution in [3.8, 4) is 0 Å². The molecule has 2 rings (SSSR count). The highest BCUT2D eigenvalue weighted by Gasteiger charge is 2.40. The molecular weight excluding hydrogens is 294 g/mol. The summed E-state index contributed by atoms with van der Waals surface area (Å²) in [6.45, 7) is 5.60. The normalized spacial score (nSPS) is 18.9. The fourth-order valence-electron chi connectivity index (χ4n) is 2.55. The Morgan fingerprint density at radius 3 is 2.67 bits per heavy atom. The average molecular weight is 312 g/mol. The number of piperazine rings is 1. The van der Waals surface area contributed by atoms with E-state index in [2.05, 4.69) is 0 Å². The number of halogens is 1. The van der Waals surface area contributed by atoms with Crippen LogP contribution in [0, 0.1) is 10.1 Å². The van der Waals surface area contributed by atoms with Crippen molar-refractivity contribution < 1.29 is 9.72 Å². The highest BCUT2D eigenvalue weighted by Crippen LogP contribution is 2.28. The van der Waals surface area contributed by atoms with Gasteiger partial charge in [-0.3, -0.25) is 19.8 Å². The van der Waals surface area contributed by atoms with Crippen LogP contribution < -0.4 is 0 Å². The number of nitrogens with zero attached hydrogens (tertiary/aromatic N) is 3. The third-order valence-electron chi connectivity index (χ3n) is 3.95. The highest BCUT2D eigenvalue weighted by atomic mass is 35.5. The maximum atomic E-state index is 12.2. The third kappa shape index (κ3) is 3.01. The lowest BCUT2D eigenvalue weighted by Crippen LogP contribution is -2.61. The Labute approximate surface area is 128 Å². The summed E-state index contributed by atoms with van der Waals surface area (Å²) in [6.07, 6.45) is 0. The van der Waals surface area contributed by atoms with Crippen LogP contribution in [0.4, 0.5) is 5.69 Å². The Morgan fingerprint density at radius 1 is 1.38 bits per heavy atom. The third-order valence-corrected chi connectivity index (χ3v) is 4.27. The molecule has 0 N–H and O–H groups in total. The Morgan fingerprint density at radius 2 is 2.05 bits per heavy atom. The Bertz CT molecular complexity index is 589. The Balaban J connectivity index is 2.24. The topological polar surface area (TPSA) is 66.7 Å². The van der Waals surface area contributed by atoms with E-state index < -0.39 is 10.5 Å². The van der Waals surface area contributed by atoms with Crippen molar-refractivity contribution in [1.29, 1.82) is 0 Å². The average Bonchev–Trinajstić information content (AvgIpc) is 2.41. The zero-order valence-corrected chi connectivity index (χ0v) is 13.1. The number of benzene rings is 1. The van der Waals surface area contributed by atoms with Crippen LogP contribution in [0.5, 0.6) is 0 Å². The fourth-order valence-corrected chi connectivity index (χ4v) is 2.73. The predicted molar refractivity (Wildman–Crippen MR) is 80.2 cm³/mol. The molecule has 0 radical (unpaired) electrons. The number of nitro groups is 1. The summed E-state index contributed by atoms with van der Waals surface area (Å²) in [5.74, 6) is 0.0530. The first-order valence-electron chi connectivity index (χ1n) is 6.67. The van der Waals surface area contributed by atoms with Crippen LogP contribution in [0.25, 0.3) is 0 Å². The second-order valence-electron chi connectivity index (χ2n) is 5.75. The summed E-state index contributed by atoms with van der Waals surface area (Å²) < 4.78 is 0. The minimum Gasteiger partial charge on any atom is -0.343 e. The first-order chi connectivity index (χ1) is 9.73. The molecule has 1 aromatic rings. The van der Waals surface area contributed by atoms with Crippen molar-refractivity contribution in [2.24, 2.45) is 0 Å². The smallest absolute Gasteiger partial charge is 0.288 e. The minimum absolute atomic E-state index is 0.0530. The van der Waals surface area contributed by atoms with Crippen LogP contribution in [-0.4, -0.2) is 46.3 Å². The van der Waals surface area contributed by atoms with E-state index in [0.717, 1.165) is 12.1 Å². The van der Waals surface area contributed by atoms with E-state index in [0.29, 0.717) is 13.1 Å². The molecule has 21 heavy (non-hydrogen) atoms. The van der Waals surface area contributed by atoms with Gasteiger partial charge in [-0.2, -0.15) is 0 Å². The molecule has 0 unspecified atom stereocenters. The molecule has 1 aliphatic rings. The van der Waals surface area contributed by atoms with Crippen molar-refractivity contribution in [2.45, 2.75) is 25.9 Å². The van der Waals surface area contributed by atoms with Crippen LogP contribution >= 0.6 is 11.6 Å². The largest absolute Gasteiger partial charge is 0.343 e. The van der Waals surface area contributed by atoms with E-state index in [9.17, 15) is 14.9 Å². The van der Waals surface area contributed by atoms with Gasteiger partial charge in [0.25, 0.3) is 5.69 Å². The summed E-state index contributed by atoms with van der Waals surface area (Å²) in [7, 11) is 1.79. The molecule has 0 spiro atoms. The molecule has 1 heterocycles. The van der Waals surface area contributed by atoms with E-state index >= 15 is 0 Å². The molecule has 0 saturated carbocycles. The van der Waals surface area contributed by atoms with Crippen LogP contribution in [0.1, 0.15) is 19.4 Å². The molecule has 1 fully saturated rings. The molecule has 0 aromatic heterocycles. The van der Waals surface area contributed by atoms with E-state index in [-0.39, 0.29) is 16.6 Å². The number of hydrogen-bond donors (Lipinski definition) is 0. The Hall–Kier alpha value is -1.66. The summed E-state index contributed by atoms with van der Waals surface area (Å²) in [5.41, 5.74) is 0.0467. The quantitative estimate of drug-likeness (QED) is 0.634. The number of hydrogen-bond acceptors (Lipinski definition) is 4. The number of rotatable bonds is 3. The minimum atomic E-state index is -0.624. The van der Waals surface area contributed by atoms with E-state index in [1.165, 1.54) is 12.1 Å². The number of amides is 1. The van der Waals surface area contributed by atoms with Gasteiger partial charge >= 0.3 is 0 Å². The number of carbonyl (C=O) groups excluding carboxylic acids is 1. The van der Waals surface area contributed by atoms with Gasteiger partial charge in [0.05, 0.1) is 10.5 Å². The first-order valence-corrected chi connectivity index (χ1v) is 7.04. The maximum absolute atomic E-state index is 12.2. The van der Waals surface area contributed by atoms with Crippen molar-refractivity contribution >= 4 is 23.2 Å². The van der Waals surface area contributed by atoms with Gasteiger partial charge in [-0.15, -0.1) is 0 Å². The van der Waals surface area contributed by atoms with Gasteiger partial charge in [-0.05, 0) is 25.5 Å². The molecule has 0 aliphatic carbocycles. The number of nitro benzene ring substituents is 1. The van der Waals surface area contributed by atoms with Gasteiger partial charge in [0.2, 0.25) is 5.91 Å². The van der Waals surface area contributed by atoms with E-state index in [1.54, 1.807) is 18.0 Å². The summed E-state index contributed by atoms with van der Waals surface area (Å²) in [6, 6.07) is 4.76. The van der Waals surface area contributed by atoms with Gasteiger partial charge in [-0.1, -0.05) is 17.7 Å². The molecule has 1 aliphatic heterocycles. The van der Waals surface area contributed by atoms with Gasteiger partial charge in [0, 0.05) is 32.7 Å². The van der Waals surface area contributed by atoms with Crippen molar-refractivity contribution in [1.82, 2.24) is 9.80 Å². The molecule has 1 amide bonds. The molecular formula is C14H18ClN3O3. The number of carbonyl (C=O) groups is 1. The monoisotopic (exact) mass is 311 g/mol. The molecule has 7 heteroatoms. The van der Waals surface area contributed by atoms with Crippen LogP contribution in [0.2, 0.25) is 5.02 Å². The lowest BCUT2D eigenvalue weighted by molar-refractivity contribution is -0.384. The van der Waals surface area contributed by atoms with Crippen LogP contribution in [0.15, 0.2) is 18.2 Å². The van der Waals surface area contributed by atoms with Crippen molar-refractivity contribution in [3.05, 3.63) is 38.9 Å². The second-order valence-corrected chi connectivity index (χ2v) is 6.16. The standard InChI is InChI=1S/C14H18ClN3O3/c1-14(2)13(19)16(3)6-7-17(14)9-10-4-5-11(15)12(8-10)18(20)21/h4-5,8H,6-7,9H2,1-3H3. The van der Waals surface area contributed by atoms with Crippen LogP contribution in [0.3, 0.4) is 0 Å². The highest BCUT2D eigenvalue weighted by molar-refractivity contribution is 6.32. The lowest BCUT2D eigenvalue weighted by atomic mass is 9.97. The van der Waals surface area contributed by atoms with Gasteiger partial charge in [-0.25, -0.2) is 0 Å². The molecule has 0 bridgehead atoms. The fraction of sp³-hybridized carbons (Fsp3) is 0.500. The zero-order chi connectivity index (χ0) is 15.8. The lowest BCUT2D eigenvalue weighted by Gasteiger charge is -2.44. The van der Waals surface area contributed by atoms with Crippen LogP contribution in [-0.2, 0) is 11.3 Å². The SMILES string of the molecule is CN1CCN(Cc2ccc(Cl)c([N+](=O)[O-])c2)C(C)(C)C1=O. The maximum Gasteiger partial charge on any atom is 0.288 e. The predicted octanol–water partition coefficient (Wildman–Crippen LogP) is 2.30. The molecule has 1 aromatic carbocycles. The molecule has 1 saturated heterocycles. The summed E-state index contributed by atoms with van der Waals surface area (Å²) in [5, 5.41) is 11.1. The summed E-state index contributed by atoms with van der Waals surface area (Å²) >= 11 is 5.82. The van der Waals surface area contributed by atoms with Crippen molar-refractivity contribution in [2.75, 3.05) is 20.1 Å². The van der Waals surface area contributed by atoms with Crippen molar-refractivity contribution in [3.63, 3.8) is 0 Å². The Kier molecular flexibility index (Phi) is 4.20. The number of likely N-dealkylation sites (N-methyl/N-ethyl adjacent to an activating group) is 1. The summed E-state index contributed by atoms with van der Waals surface area (Å²) in [4.78, 5) is 26.4. The van der Waals surface area contributed by atoms with E-state index in [4.69, 9.17) is 11.6 Å². The van der Waals surface area contributed by atoms with Gasteiger partial charge in [0.15, 0.2) is 0 Å². The molecule has 114 valence electrons. The molecule has 6 nitrogen and oxygen atoms in total. The zero-order valence-electron chi connectivity index (χ0n) is 12.3. The van der Waals surface area contributed by atoms with Gasteiger partial charge < -0.3 is 4.90 Å². The van der Waals surface area contributed by atoms with E-state index in [1.807, 2.05) is 18.7 Å². The first kappa shape index (κ1) is 15.7. The molecule has 0 atom stereocenters. The second kappa shape index (κ2) is 5.61. The van der Waals surface area contributed by atoms with Gasteiger partial charge in [0.1, 0.15) is 5.02 Å².